The van der Waals surface area contributed by atoms with Gasteiger partial charge in [-0.15, -0.1) is 0 Å². The highest BCUT2D eigenvalue weighted by atomic mass is 19.1. The Kier molecular flexibility index (Phi) is 8.18. The number of nitrogens with two attached hydrogens (primary N) is 1. The van der Waals surface area contributed by atoms with Gasteiger partial charge in [-0.2, -0.15) is 0 Å². The summed E-state index contributed by atoms with van der Waals surface area (Å²) in [5, 5.41) is 6.61. The highest BCUT2D eigenvalue weighted by Gasteiger charge is 2.39. The summed E-state index contributed by atoms with van der Waals surface area (Å²) in [7, 11) is 0. The molecule has 1 amide bonds. The van der Waals surface area contributed by atoms with Crippen LogP contribution in [0, 0.1) is 17.5 Å². The van der Waals surface area contributed by atoms with Crippen LogP contribution in [0.4, 0.5) is 18.9 Å². The van der Waals surface area contributed by atoms with E-state index in [2.05, 4.69) is 15.6 Å². The van der Waals surface area contributed by atoms with E-state index in [1.807, 2.05) is 0 Å². The molecule has 1 aromatic heterocycles. The second-order valence-electron chi connectivity index (χ2n) is 10.6. The maximum Gasteiger partial charge on any atom is 0.240 e. The largest absolute Gasteiger partial charge is 0.371 e. The number of ether oxygens (including phenoxy) is 1. The average molecular weight is 539 g/mol. The third kappa shape index (κ3) is 6.25. The minimum atomic E-state index is -1.06. The molecule has 0 bridgehead atoms. The van der Waals surface area contributed by atoms with Gasteiger partial charge in [-0.1, -0.05) is 37.1 Å². The predicted octanol–water partition coefficient (Wildman–Crippen LogP) is 4.83. The first kappa shape index (κ1) is 27.1. The van der Waals surface area contributed by atoms with Gasteiger partial charge in [0.05, 0.1) is 29.8 Å². The van der Waals surface area contributed by atoms with Crippen LogP contribution in [0.5, 0.6) is 0 Å². The number of carbonyl (C=O) groups excluding carboxylic acids is 1. The number of rotatable bonds is 9. The number of anilines is 1. The van der Waals surface area contributed by atoms with Crippen LogP contribution in [0.2, 0.25) is 0 Å². The molecule has 5 rings (SSSR count). The molecular formula is C30H33F3N4O2. The molecule has 3 aromatic rings. The summed E-state index contributed by atoms with van der Waals surface area (Å²) in [4.78, 5) is 16.8. The Hall–Kier alpha value is -3.43. The van der Waals surface area contributed by atoms with Crippen LogP contribution in [0.3, 0.4) is 0 Å². The summed E-state index contributed by atoms with van der Waals surface area (Å²) in [6, 6.07) is 10.3. The van der Waals surface area contributed by atoms with Crippen molar-refractivity contribution in [1.82, 2.24) is 10.3 Å². The lowest BCUT2D eigenvalue weighted by Crippen LogP contribution is -2.52. The van der Waals surface area contributed by atoms with Crippen molar-refractivity contribution < 1.29 is 22.7 Å². The Labute approximate surface area is 226 Å². The van der Waals surface area contributed by atoms with Gasteiger partial charge < -0.3 is 21.1 Å². The molecule has 4 N–H and O–H groups in total. The maximum atomic E-state index is 15.1. The summed E-state index contributed by atoms with van der Waals surface area (Å²) in [6.07, 6.45) is 7.87. The van der Waals surface area contributed by atoms with Gasteiger partial charge in [0.25, 0.3) is 0 Å². The first-order valence-corrected chi connectivity index (χ1v) is 13.4. The normalized spacial score (nSPS) is 19.3. The lowest BCUT2D eigenvalue weighted by molar-refractivity contribution is -0.119. The number of pyridine rings is 1. The van der Waals surface area contributed by atoms with Crippen LogP contribution in [0.25, 0.3) is 0 Å². The lowest BCUT2D eigenvalue weighted by atomic mass is 9.84. The Bertz CT molecular complexity index is 1230. The molecule has 1 saturated carbocycles. The third-order valence-electron chi connectivity index (χ3n) is 7.88. The molecule has 1 saturated heterocycles. The molecule has 1 aliphatic heterocycles. The fraction of sp³-hybridized carbons (Fsp3) is 0.400. The molecule has 1 aliphatic carbocycles. The molecule has 206 valence electrons. The average Bonchev–Trinajstić information content (AvgIpc) is 3.37. The van der Waals surface area contributed by atoms with E-state index in [1.54, 1.807) is 24.3 Å². The minimum Gasteiger partial charge on any atom is -0.371 e. The molecule has 9 heteroatoms. The molecule has 0 unspecified atom stereocenters. The molecule has 2 heterocycles. The highest BCUT2D eigenvalue weighted by Crippen LogP contribution is 2.37. The molecule has 0 radical (unpaired) electrons. The zero-order valence-corrected chi connectivity index (χ0v) is 21.6. The second kappa shape index (κ2) is 11.8. The second-order valence-corrected chi connectivity index (χ2v) is 10.6. The summed E-state index contributed by atoms with van der Waals surface area (Å²) in [6.45, 7) is 1.53. The van der Waals surface area contributed by atoms with E-state index in [0.717, 1.165) is 38.4 Å². The zero-order chi connectivity index (χ0) is 27.4. The van der Waals surface area contributed by atoms with Gasteiger partial charge in [-0.3, -0.25) is 9.78 Å². The van der Waals surface area contributed by atoms with Crippen LogP contribution in [-0.2, 0) is 16.0 Å². The minimum absolute atomic E-state index is 0.0598. The first-order chi connectivity index (χ1) is 18.8. The van der Waals surface area contributed by atoms with E-state index in [9.17, 15) is 13.6 Å². The lowest BCUT2D eigenvalue weighted by Gasteiger charge is -2.39. The number of nitrogens with one attached hydrogen (secondary N) is 2. The number of benzene rings is 2. The van der Waals surface area contributed by atoms with Crippen LogP contribution in [-0.4, -0.2) is 41.7 Å². The standard InChI is InChI=1S/C30H33F3N4O2/c31-21-7-3-19(4-8-21)27(20-5-9-22(32)10-6-20)28(29(34)38)37-26-17-35-16-25(33)24(26)12-11-23-15-36-18-30(39-23)13-1-2-14-30/h3-10,16-17,23,27-28,36-37H,1-2,11-15,18H2,(H2,34,38)/t23-,28+/m1/s1. The van der Waals surface area contributed by atoms with E-state index < -0.39 is 35.3 Å². The van der Waals surface area contributed by atoms with Gasteiger partial charge in [0.15, 0.2) is 0 Å². The van der Waals surface area contributed by atoms with Crippen molar-refractivity contribution >= 4 is 11.6 Å². The molecule has 2 fully saturated rings. The number of nitrogens with zero attached hydrogens (tertiary/aromatic N) is 1. The SMILES string of the molecule is NC(=O)[C@@H](Nc1cncc(F)c1CC[C@@H]1CNCC2(CCCC2)O1)C(c1ccc(F)cc1)c1ccc(F)cc1. The number of hydrogen-bond donors (Lipinski definition) is 3. The molecule has 2 aliphatic rings. The predicted molar refractivity (Wildman–Crippen MR) is 143 cm³/mol. The quantitative estimate of drug-likeness (QED) is 0.363. The molecular weight excluding hydrogens is 505 g/mol. The van der Waals surface area contributed by atoms with Crippen molar-refractivity contribution in [3.05, 3.63) is 95.1 Å². The number of aromatic nitrogens is 1. The Balaban J connectivity index is 1.41. The van der Waals surface area contributed by atoms with E-state index in [0.29, 0.717) is 41.8 Å². The Morgan fingerprint density at radius 2 is 1.64 bits per heavy atom. The van der Waals surface area contributed by atoms with Crippen LogP contribution < -0.4 is 16.4 Å². The van der Waals surface area contributed by atoms with E-state index >= 15 is 4.39 Å². The molecule has 6 nitrogen and oxygen atoms in total. The number of carbonyl (C=O) groups is 1. The number of halogens is 3. The monoisotopic (exact) mass is 538 g/mol. The molecule has 2 aromatic carbocycles. The van der Waals surface area contributed by atoms with Gasteiger partial charge >= 0.3 is 0 Å². The van der Waals surface area contributed by atoms with Crippen LogP contribution in [0.15, 0.2) is 60.9 Å². The van der Waals surface area contributed by atoms with Crippen LogP contribution >= 0.6 is 0 Å². The fourth-order valence-electron chi connectivity index (χ4n) is 5.92. The van der Waals surface area contributed by atoms with Crippen LogP contribution in [0.1, 0.15) is 54.7 Å². The van der Waals surface area contributed by atoms with Crippen molar-refractivity contribution in [2.75, 3.05) is 18.4 Å². The number of morpholine rings is 1. The highest BCUT2D eigenvalue weighted by molar-refractivity contribution is 5.85. The van der Waals surface area contributed by atoms with Gasteiger partial charge in [0.1, 0.15) is 23.5 Å². The van der Waals surface area contributed by atoms with Crippen molar-refractivity contribution in [3.8, 4) is 0 Å². The van der Waals surface area contributed by atoms with E-state index in [4.69, 9.17) is 10.5 Å². The molecule has 39 heavy (non-hydrogen) atoms. The number of primary amides is 1. The number of amides is 1. The van der Waals surface area contributed by atoms with Gasteiger partial charge in [0, 0.05) is 24.6 Å². The first-order valence-electron chi connectivity index (χ1n) is 13.4. The Morgan fingerprint density at radius 1 is 1.03 bits per heavy atom. The summed E-state index contributed by atoms with van der Waals surface area (Å²) >= 11 is 0. The zero-order valence-electron chi connectivity index (χ0n) is 21.6. The molecule has 1 spiro atoms. The number of hydrogen-bond acceptors (Lipinski definition) is 5. The van der Waals surface area contributed by atoms with Gasteiger partial charge in [-0.05, 0) is 61.1 Å². The van der Waals surface area contributed by atoms with Gasteiger partial charge in [-0.25, -0.2) is 13.2 Å². The Morgan fingerprint density at radius 3 is 2.23 bits per heavy atom. The smallest absolute Gasteiger partial charge is 0.240 e. The van der Waals surface area contributed by atoms with Gasteiger partial charge in [0.2, 0.25) is 5.91 Å². The van der Waals surface area contributed by atoms with Crippen molar-refractivity contribution in [1.29, 1.82) is 0 Å². The topological polar surface area (TPSA) is 89.3 Å². The molecule has 2 atom stereocenters. The van der Waals surface area contributed by atoms with Crippen molar-refractivity contribution in [3.63, 3.8) is 0 Å². The fourth-order valence-corrected chi connectivity index (χ4v) is 5.92. The van der Waals surface area contributed by atoms with Crippen molar-refractivity contribution in [2.45, 2.75) is 62.2 Å². The van der Waals surface area contributed by atoms with E-state index in [-0.39, 0.29) is 11.7 Å². The summed E-state index contributed by atoms with van der Waals surface area (Å²) in [5.74, 6) is -2.77. The summed E-state index contributed by atoms with van der Waals surface area (Å²) in [5.41, 5.74) is 7.64. The summed E-state index contributed by atoms with van der Waals surface area (Å²) < 4.78 is 49.0. The third-order valence-corrected chi connectivity index (χ3v) is 7.88. The van der Waals surface area contributed by atoms with Crippen molar-refractivity contribution in [2.24, 2.45) is 5.73 Å². The van der Waals surface area contributed by atoms with E-state index in [1.165, 1.54) is 30.5 Å². The maximum absolute atomic E-state index is 15.1.